The lowest BCUT2D eigenvalue weighted by molar-refractivity contribution is -0.167. The molecule has 2 aromatic rings. The summed E-state index contributed by atoms with van der Waals surface area (Å²) in [6.07, 6.45) is -2.93. The molecule has 7 heteroatoms. The quantitative estimate of drug-likeness (QED) is 0.888. The van der Waals surface area contributed by atoms with E-state index >= 15 is 0 Å². The Bertz CT molecular complexity index is 710. The highest BCUT2D eigenvalue weighted by Gasteiger charge is 2.39. The summed E-state index contributed by atoms with van der Waals surface area (Å²) in [5, 5.41) is 11.4. The van der Waals surface area contributed by atoms with Gasteiger partial charge in [-0.2, -0.15) is 18.4 Å². The Kier molecular flexibility index (Phi) is 3.40. The zero-order valence-electron chi connectivity index (χ0n) is 10.4. The number of rotatable bonds is 2. The molecule has 0 unspecified atom stereocenters. The number of hydrogen-bond acceptors (Lipinski definition) is 2. The van der Waals surface area contributed by atoms with Gasteiger partial charge in [0.05, 0.1) is 16.8 Å². The van der Waals surface area contributed by atoms with E-state index in [0.717, 1.165) is 5.56 Å². The van der Waals surface area contributed by atoms with Crippen LogP contribution in [0.4, 0.5) is 18.9 Å². The second-order valence-corrected chi connectivity index (χ2v) is 4.14. The zero-order chi connectivity index (χ0) is 14.9. The molecule has 0 bridgehead atoms. The second-order valence-electron chi connectivity index (χ2n) is 4.14. The average molecular weight is 281 g/mol. The van der Waals surface area contributed by atoms with E-state index in [1.807, 2.05) is 18.3 Å². The molecule has 0 aliphatic heterocycles. The van der Waals surface area contributed by atoms with Crippen LogP contribution in [0, 0.1) is 11.3 Å². The fourth-order valence-corrected chi connectivity index (χ4v) is 2.00. The fraction of sp³-hybridized carbons (Fsp3) is 0.231. The second kappa shape index (κ2) is 4.89. The van der Waals surface area contributed by atoms with Crippen molar-refractivity contribution in [3.8, 4) is 6.07 Å². The van der Waals surface area contributed by atoms with Gasteiger partial charge in [0, 0.05) is 11.6 Å². The minimum Gasteiger partial charge on any atom is -0.358 e. The molecule has 0 fully saturated rings. The van der Waals surface area contributed by atoms with E-state index in [1.165, 1.54) is 12.3 Å². The molecule has 104 valence electrons. The summed E-state index contributed by atoms with van der Waals surface area (Å²) in [5.74, 6) is -2.05. The molecule has 0 radical (unpaired) electrons. The van der Waals surface area contributed by atoms with Gasteiger partial charge in [0.15, 0.2) is 0 Å². The number of nitrogens with zero attached hydrogens (tertiary/aromatic N) is 1. The topological polar surface area (TPSA) is 68.7 Å². The van der Waals surface area contributed by atoms with Gasteiger partial charge < -0.3 is 10.3 Å². The van der Waals surface area contributed by atoms with Gasteiger partial charge in [0.1, 0.15) is 6.07 Å². The van der Waals surface area contributed by atoms with E-state index in [0.29, 0.717) is 22.9 Å². The first-order valence-corrected chi connectivity index (χ1v) is 5.79. The van der Waals surface area contributed by atoms with Crippen LogP contribution in [-0.2, 0) is 11.2 Å². The first kappa shape index (κ1) is 13.9. The molecular weight excluding hydrogens is 271 g/mol. The van der Waals surface area contributed by atoms with Crippen LogP contribution in [-0.4, -0.2) is 17.1 Å². The van der Waals surface area contributed by atoms with Crippen LogP contribution in [0.2, 0.25) is 0 Å². The highest BCUT2D eigenvalue weighted by atomic mass is 19.4. The molecular formula is C13H10F3N3O. The number of amides is 1. The molecule has 2 rings (SSSR count). The van der Waals surface area contributed by atoms with Gasteiger partial charge in [0.2, 0.25) is 0 Å². The lowest BCUT2D eigenvalue weighted by Gasteiger charge is -2.10. The van der Waals surface area contributed by atoms with E-state index < -0.39 is 12.1 Å². The first-order valence-electron chi connectivity index (χ1n) is 5.79. The lowest BCUT2D eigenvalue weighted by Crippen LogP contribution is -2.30. The van der Waals surface area contributed by atoms with Gasteiger partial charge in [-0.15, -0.1) is 0 Å². The van der Waals surface area contributed by atoms with Crippen molar-refractivity contribution < 1.29 is 18.0 Å². The van der Waals surface area contributed by atoms with Crippen LogP contribution >= 0.6 is 0 Å². The van der Waals surface area contributed by atoms with E-state index in [-0.39, 0.29) is 5.69 Å². The summed E-state index contributed by atoms with van der Waals surface area (Å²) in [4.78, 5) is 13.7. The maximum Gasteiger partial charge on any atom is 0.471 e. The summed E-state index contributed by atoms with van der Waals surface area (Å²) >= 11 is 0. The maximum absolute atomic E-state index is 12.3. The van der Waals surface area contributed by atoms with Crippen LogP contribution in [0.25, 0.3) is 10.9 Å². The van der Waals surface area contributed by atoms with E-state index in [2.05, 4.69) is 4.98 Å². The molecule has 1 aromatic heterocycles. The van der Waals surface area contributed by atoms with Crippen molar-refractivity contribution in [1.29, 1.82) is 5.26 Å². The number of nitriles is 1. The Morgan fingerprint density at radius 3 is 2.70 bits per heavy atom. The number of anilines is 1. The molecule has 1 amide bonds. The number of halogens is 3. The summed E-state index contributed by atoms with van der Waals surface area (Å²) < 4.78 is 36.8. The number of carbonyl (C=O) groups excluding carboxylic acids is 1. The number of H-pyrrole nitrogens is 1. The Balaban J connectivity index is 2.55. The normalized spacial score (nSPS) is 11.3. The van der Waals surface area contributed by atoms with E-state index in [4.69, 9.17) is 5.26 Å². The van der Waals surface area contributed by atoms with Crippen molar-refractivity contribution >= 4 is 22.5 Å². The molecule has 0 spiro atoms. The molecule has 0 atom stereocenters. The Morgan fingerprint density at radius 1 is 1.45 bits per heavy atom. The fourth-order valence-electron chi connectivity index (χ4n) is 2.00. The molecule has 1 aromatic carbocycles. The number of aromatic amines is 1. The van der Waals surface area contributed by atoms with Crippen LogP contribution in [0.3, 0.4) is 0 Å². The highest BCUT2D eigenvalue weighted by Crippen LogP contribution is 2.30. The Labute approximate surface area is 112 Å². The van der Waals surface area contributed by atoms with Crippen LogP contribution < -0.4 is 5.32 Å². The number of alkyl halides is 3. The number of hydrogen-bond donors (Lipinski definition) is 2. The predicted octanol–water partition coefficient (Wildman–Crippen LogP) is 3.10. The SMILES string of the molecule is CCc1ccc(NC(=O)C(F)(F)F)c2[nH]cc(C#N)c12. The smallest absolute Gasteiger partial charge is 0.358 e. The van der Waals surface area contributed by atoms with E-state index in [1.54, 1.807) is 6.07 Å². The lowest BCUT2D eigenvalue weighted by atomic mass is 10.0. The Morgan fingerprint density at radius 2 is 2.15 bits per heavy atom. The third-order valence-electron chi connectivity index (χ3n) is 2.93. The van der Waals surface area contributed by atoms with Gasteiger partial charge in [-0.3, -0.25) is 4.79 Å². The van der Waals surface area contributed by atoms with Crippen molar-refractivity contribution in [2.75, 3.05) is 5.32 Å². The van der Waals surface area contributed by atoms with Gasteiger partial charge in [0.25, 0.3) is 0 Å². The van der Waals surface area contributed by atoms with E-state index in [9.17, 15) is 18.0 Å². The molecule has 20 heavy (non-hydrogen) atoms. The predicted molar refractivity (Wildman–Crippen MR) is 67.1 cm³/mol. The van der Waals surface area contributed by atoms with Crippen LogP contribution in [0.15, 0.2) is 18.3 Å². The maximum atomic E-state index is 12.3. The van der Waals surface area contributed by atoms with Crippen molar-refractivity contribution in [1.82, 2.24) is 4.98 Å². The van der Waals surface area contributed by atoms with Crippen molar-refractivity contribution in [3.05, 3.63) is 29.5 Å². The van der Waals surface area contributed by atoms with Crippen molar-refractivity contribution in [3.63, 3.8) is 0 Å². The standard InChI is InChI=1S/C13H10F3N3O/c1-2-7-3-4-9(19-12(20)13(14,15)16)11-10(7)8(5-17)6-18-11/h3-4,6,18H,2H2,1H3,(H,19,20). The first-order chi connectivity index (χ1) is 9.38. The molecule has 0 aliphatic carbocycles. The monoisotopic (exact) mass is 281 g/mol. The summed E-state index contributed by atoms with van der Waals surface area (Å²) in [7, 11) is 0. The number of fused-ring (bicyclic) bond motifs is 1. The van der Waals surface area contributed by atoms with Crippen LogP contribution in [0.5, 0.6) is 0 Å². The molecule has 1 heterocycles. The molecule has 2 N–H and O–H groups in total. The molecule has 0 aliphatic rings. The highest BCUT2D eigenvalue weighted by molar-refractivity contribution is 6.05. The van der Waals surface area contributed by atoms with Gasteiger partial charge in [-0.1, -0.05) is 13.0 Å². The van der Waals surface area contributed by atoms with Crippen LogP contribution in [0.1, 0.15) is 18.1 Å². The number of aryl methyl sites for hydroxylation is 1. The minimum absolute atomic E-state index is 0.000949. The summed E-state index contributed by atoms with van der Waals surface area (Å²) in [5.41, 5.74) is 1.47. The summed E-state index contributed by atoms with van der Waals surface area (Å²) in [6.45, 7) is 1.87. The number of carbonyl (C=O) groups is 1. The summed E-state index contributed by atoms with van der Waals surface area (Å²) in [6, 6.07) is 4.96. The largest absolute Gasteiger partial charge is 0.471 e. The minimum atomic E-state index is -4.96. The third-order valence-corrected chi connectivity index (χ3v) is 2.93. The zero-order valence-corrected chi connectivity index (χ0v) is 10.4. The third kappa shape index (κ3) is 2.32. The number of nitrogens with one attached hydrogen (secondary N) is 2. The average Bonchev–Trinajstić information content (AvgIpc) is 2.82. The van der Waals surface area contributed by atoms with Gasteiger partial charge in [-0.25, -0.2) is 0 Å². The van der Waals surface area contributed by atoms with Gasteiger partial charge >= 0.3 is 12.1 Å². The number of benzene rings is 1. The molecule has 4 nitrogen and oxygen atoms in total. The Hall–Kier alpha value is -2.49. The molecule has 0 saturated heterocycles. The van der Waals surface area contributed by atoms with Crippen molar-refractivity contribution in [2.24, 2.45) is 0 Å². The van der Waals surface area contributed by atoms with Gasteiger partial charge in [-0.05, 0) is 18.1 Å². The van der Waals surface area contributed by atoms with Crippen molar-refractivity contribution in [2.45, 2.75) is 19.5 Å². The molecule has 0 saturated carbocycles. The number of aromatic nitrogens is 1.